The molecule has 0 aliphatic heterocycles. The van der Waals surface area contributed by atoms with Gasteiger partial charge in [0.1, 0.15) is 6.57 Å². The van der Waals surface area contributed by atoms with Crippen LogP contribution in [0.15, 0.2) is 0 Å². The Balaban J connectivity index is 3.35. The van der Waals surface area contributed by atoms with Crippen LogP contribution in [0.3, 0.4) is 0 Å². The zero-order valence-electron chi connectivity index (χ0n) is 2.51. The third-order valence-electron chi connectivity index (χ3n) is 0.127. The monoisotopic (exact) mass is 71.0 g/mol. The molecule has 0 aromatic rings. The highest BCUT2D eigenvalue weighted by Crippen LogP contribution is 1.55. The van der Waals surface area contributed by atoms with Crippen LogP contribution in [0.25, 0.3) is 4.85 Å². The lowest BCUT2D eigenvalue weighted by Gasteiger charge is -1.47. The molecule has 5 heavy (non-hydrogen) atoms. The van der Waals surface area contributed by atoms with E-state index in [-0.39, 0.29) is 0 Å². The lowest BCUT2D eigenvalue weighted by Crippen LogP contribution is -1.99. The highest BCUT2D eigenvalue weighted by atomic mass is 16.2. The van der Waals surface area contributed by atoms with E-state index < -0.39 is 6.03 Å². The molecule has 0 atom stereocenters. The Bertz CT molecular complexity index is 80.1. The van der Waals surface area contributed by atoms with Gasteiger partial charge >= 0.3 is 6.03 Å². The maximum atomic E-state index is 9.30. The summed E-state index contributed by atoms with van der Waals surface area (Å²) in [6, 6.07) is -0.843. The maximum absolute atomic E-state index is 9.30. The van der Waals surface area contributed by atoms with Gasteiger partial charge in [-0.25, -0.2) is 5.73 Å². The third-order valence-corrected chi connectivity index (χ3v) is 0.127. The van der Waals surface area contributed by atoms with Gasteiger partial charge in [0.2, 0.25) is 0 Å². The van der Waals surface area contributed by atoms with Crippen molar-refractivity contribution >= 4 is 6.03 Å². The first kappa shape index (κ1) is 3.96. The fraction of sp³-hybridized carbons (Fsp3) is 0. The van der Waals surface area contributed by atoms with E-state index in [1.807, 2.05) is 0 Å². The Kier molecular flexibility index (Phi) is 1.03. The molecule has 0 aliphatic carbocycles. The van der Waals surface area contributed by atoms with Crippen LogP contribution in [0.1, 0.15) is 0 Å². The van der Waals surface area contributed by atoms with Crippen LogP contribution in [-0.2, 0) is 0 Å². The normalized spacial score (nSPS) is 5.40. The molecular weight excluding hydrogens is 68.0 g/mol. The van der Waals surface area contributed by atoms with Crippen LogP contribution in [-0.4, -0.2) is 6.03 Å². The Morgan fingerprint density at radius 3 is 2.20 bits per heavy atom. The number of hydrogen-bond acceptors (Lipinski definition) is 1. The van der Waals surface area contributed by atoms with Gasteiger partial charge in [-0.15, -0.1) is 4.85 Å². The second kappa shape index (κ2) is 1.30. The Morgan fingerprint density at radius 2 is 2.20 bits per heavy atom. The number of hydrogen-bond donors (Lipinski definition) is 1. The first-order valence-corrected chi connectivity index (χ1v) is 0.975. The van der Waals surface area contributed by atoms with E-state index in [4.69, 9.17) is 0 Å². The summed E-state index contributed by atoms with van der Waals surface area (Å²) in [5.74, 6) is 0. The molecule has 0 fully saturated rings. The third kappa shape index (κ3) is 2.96. The van der Waals surface area contributed by atoms with Gasteiger partial charge in [0.05, 0.1) is 0 Å². The number of nitrogens with zero attached hydrogens (tertiary/aromatic N) is 1. The van der Waals surface area contributed by atoms with Crippen LogP contribution in [0.5, 0.6) is 0 Å². The number of carbonyl (C=O) groups excluding carboxylic acids is 1. The first-order valence-electron chi connectivity index (χ1n) is 0.975. The molecule has 0 saturated carbocycles. The van der Waals surface area contributed by atoms with E-state index in [1.54, 1.807) is 0 Å². The topological polar surface area (TPSA) is 47.5 Å². The van der Waals surface area contributed by atoms with Crippen molar-refractivity contribution in [3.8, 4) is 6.57 Å². The largest absolute Gasteiger partial charge is 0.595 e. The molecule has 0 aromatic heterocycles. The Labute approximate surface area is 29.2 Å². The summed E-state index contributed by atoms with van der Waals surface area (Å²) in [6.45, 7) is 4.32. The quantitative estimate of drug-likeness (QED) is 0.430. The molecule has 0 aromatic carbocycles. The fourth-order valence-electron chi connectivity index (χ4n) is 0. The molecule has 0 saturated heterocycles. The molecule has 0 bridgehead atoms. The SMILES string of the molecule is C#[N+]C(N)=O. The second-order valence-electron chi connectivity index (χ2n) is 0.467. The zero-order chi connectivity index (χ0) is 4.28. The van der Waals surface area contributed by atoms with Crippen molar-refractivity contribution < 1.29 is 4.79 Å². The smallest absolute Gasteiger partial charge is 0.235 e. The summed E-state index contributed by atoms with van der Waals surface area (Å²) in [7, 11) is 0. The molecule has 3 nitrogen and oxygen atoms in total. The van der Waals surface area contributed by atoms with Crippen molar-refractivity contribution in [1.82, 2.24) is 0 Å². The molecule has 2 amide bonds. The van der Waals surface area contributed by atoms with Gasteiger partial charge in [0, 0.05) is 0 Å². The number of nitrogens with two attached hydrogens (primary N) is 1. The second-order valence-corrected chi connectivity index (χ2v) is 0.467. The Morgan fingerprint density at radius 1 is 2.00 bits per heavy atom. The van der Waals surface area contributed by atoms with Crippen molar-refractivity contribution in [2.45, 2.75) is 0 Å². The average Bonchev–Trinajstić information content (AvgIpc) is 1.38. The van der Waals surface area contributed by atoms with E-state index in [1.165, 1.54) is 0 Å². The highest BCUT2D eigenvalue weighted by molar-refractivity contribution is 5.82. The molecule has 0 radical (unpaired) electrons. The first-order chi connectivity index (χ1) is 2.27. The van der Waals surface area contributed by atoms with E-state index in [2.05, 4.69) is 17.2 Å². The lowest BCUT2D eigenvalue weighted by molar-refractivity contribution is 0.262. The van der Waals surface area contributed by atoms with Crippen molar-refractivity contribution in [2.24, 2.45) is 5.73 Å². The van der Waals surface area contributed by atoms with Crippen LogP contribution in [0.2, 0.25) is 0 Å². The minimum Gasteiger partial charge on any atom is -0.235 e. The minimum atomic E-state index is -0.843. The number of rotatable bonds is 0. The van der Waals surface area contributed by atoms with Gasteiger partial charge in [-0.05, 0) is 0 Å². The van der Waals surface area contributed by atoms with Gasteiger partial charge in [-0.2, -0.15) is 4.79 Å². The summed E-state index contributed by atoms with van der Waals surface area (Å²) < 4.78 is 0. The standard InChI is InChI=1S/C2H2N2O/c1-4-2(3)5/h1H,(H-,3,5)/p+1. The predicted octanol–water partition coefficient (Wildman–Crippen LogP) is 0.0278. The van der Waals surface area contributed by atoms with Gasteiger partial charge < -0.3 is 0 Å². The highest BCUT2D eigenvalue weighted by Gasteiger charge is 1.87. The molecule has 0 spiro atoms. The molecule has 0 rings (SSSR count). The van der Waals surface area contributed by atoms with E-state index >= 15 is 0 Å². The summed E-state index contributed by atoms with van der Waals surface area (Å²) >= 11 is 0. The maximum Gasteiger partial charge on any atom is 0.595 e. The van der Waals surface area contributed by atoms with Crippen LogP contribution < -0.4 is 5.73 Å². The number of carbonyl (C=O) groups is 1. The summed E-state index contributed by atoms with van der Waals surface area (Å²) in [4.78, 5) is 11.8. The fourth-order valence-corrected chi connectivity index (χ4v) is 0. The van der Waals surface area contributed by atoms with E-state index in [9.17, 15) is 4.79 Å². The van der Waals surface area contributed by atoms with Crippen LogP contribution in [0.4, 0.5) is 4.79 Å². The van der Waals surface area contributed by atoms with Gasteiger partial charge in [-0.1, -0.05) is 0 Å². The van der Waals surface area contributed by atoms with Gasteiger partial charge in [-0.3, -0.25) is 0 Å². The van der Waals surface area contributed by atoms with E-state index in [0.717, 1.165) is 0 Å². The van der Waals surface area contributed by atoms with Crippen LogP contribution >= 0.6 is 0 Å². The molecule has 0 unspecified atom stereocenters. The molecule has 26 valence electrons. The van der Waals surface area contributed by atoms with E-state index in [0.29, 0.717) is 0 Å². The van der Waals surface area contributed by atoms with Crippen LogP contribution in [0, 0.1) is 6.57 Å². The molecular formula is C2H3N2O+. The summed E-state index contributed by atoms with van der Waals surface area (Å²) in [5, 5.41) is 0. The zero-order valence-corrected chi connectivity index (χ0v) is 2.51. The number of urea groups is 1. The molecule has 2 N–H and O–H groups in total. The van der Waals surface area contributed by atoms with Crippen molar-refractivity contribution in [3.63, 3.8) is 0 Å². The van der Waals surface area contributed by atoms with Crippen molar-refractivity contribution in [1.29, 1.82) is 0 Å². The summed E-state index contributed by atoms with van der Waals surface area (Å²) in [6.07, 6.45) is 0. The number of amides is 2. The number of primary amides is 1. The van der Waals surface area contributed by atoms with Gasteiger partial charge in [0.25, 0.3) is 0 Å². The van der Waals surface area contributed by atoms with Crippen molar-refractivity contribution in [2.75, 3.05) is 0 Å². The van der Waals surface area contributed by atoms with Gasteiger partial charge in [0.15, 0.2) is 0 Å². The predicted molar refractivity (Wildman–Crippen MR) is 17.9 cm³/mol. The van der Waals surface area contributed by atoms with Crippen molar-refractivity contribution in [3.05, 3.63) is 4.85 Å². The minimum absolute atomic E-state index is 0.843. The lowest BCUT2D eigenvalue weighted by atomic mass is 11.2. The molecule has 3 heteroatoms. The molecule has 0 heterocycles. The average molecular weight is 71.1 g/mol. The summed E-state index contributed by atoms with van der Waals surface area (Å²) in [5.41, 5.74) is 4.36. The Hall–Kier alpha value is -1.04. The molecule has 0 aliphatic rings.